The van der Waals surface area contributed by atoms with Gasteiger partial charge in [0.15, 0.2) is 0 Å². The molecule has 0 unspecified atom stereocenters. The van der Waals surface area contributed by atoms with E-state index in [1.165, 1.54) is 0 Å². The summed E-state index contributed by atoms with van der Waals surface area (Å²) < 4.78 is 29.6. The number of carbonyl (C=O) groups is 1. The van der Waals surface area contributed by atoms with E-state index in [4.69, 9.17) is 4.98 Å². The van der Waals surface area contributed by atoms with Gasteiger partial charge in [-0.3, -0.25) is 4.79 Å². The number of imidazole rings is 1. The number of benzene rings is 2. The fraction of sp³-hybridized carbons (Fsp3) is 0.417. The summed E-state index contributed by atoms with van der Waals surface area (Å²) in [4.78, 5) is 18.7. The molecule has 4 rings (SSSR count). The molecule has 0 aliphatic carbocycles. The topological polar surface area (TPSA) is 84.3 Å². The molecule has 9 heteroatoms. The predicted molar refractivity (Wildman–Crippen MR) is 133 cm³/mol. The van der Waals surface area contributed by atoms with Gasteiger partial charge in [0.1, 0.15) is 5.82 Å². The highest BCUT2D eigenvalue weighted by atomic mass is 32.2. The first-order valence-electron chi connectivity index (χ1n) is 11.4. The summed E-state index contributed by atoms with van der Waals surface area (Å²) in [5.41, 5.74) is 2.34. The Morgan fingerprint density at radius 2 is 1.85 bits per heavy atom. The van der Waals surface area contributed by atoms with Gasteiger partial charge >= 0.3 is 0 Å². The molecule has 2 heterocycles. The van der Waals surface area contributed by atoms with Crippen LogP contribution >= 0.6 is 11.8 Å². The number of sulfonamides is 1. The van der Waals surface area contributed by atoms with E-state index >= 15 is 0 Å². The Bertz CT molecular complexity index is 1230. The van der Waals surface area contributed by atoms with Crippen LogP contribution in [0.15, 0.2) is 52.3 Å². The lowest BCUT2D eigenvalue weighted by molar-refractivity contribution is -0.116. The van der Waals surface area contributed by atoms with Crippen molar-refractivity contribution in [2.45, 2.75) is 55.4 Å². The first kappa shape index (κ1) is 23.8. The molecule has 1 saturated heterocycles. The van der Waals surface area contributed by atoms with Gasteiger partial charge in [-0.1, -0.05) is 6.92 Å². The van der Waals surface area contributed by atoms with Gasteiger partial charge in [0.05, 0.1) is 15.9 Å². The first-order chi connectivity index (χ1) is 15.9. The fourth-order valence-electron chi connectivity index (χ4n) is 4.18. The SMILES string of the molecule is CCCn1c(CCC(=O)Nc2ccc(SC)cc2)nc2cc(S(=O)(=O)N3CCCC3)ccc21. The predicted octanol–water partition coefficient (Wildman–Crippen LogP) is 4.52. The Morgan fingerprint density at radius 1 is 1.12 bits per heavy atom. The monoisotopic (exact) mass is 486 g/mol. The molecular weight excluding hydrogens is 456 g/mol. The van der Waals surface area contributed by atoms with E-state index in [-0.39, 0.29) is 10.8 Å². The summed E-state index contributed by atoms with van der Waals surface area (Å²) in [5, 5.41) is 2.94. The van der Waals surface area contributed by atoms with Crippen molar-refractivity contribution in [3.63, 3.8) is 0 Å². The van der Waals surface area contributed by atoms with Crippen LogP contribution in [-0.2, 0) is 27.8 Å². The summed E-state index contributed by atoms with van der Waals surface area (Å²) in [6, 6.07) is 13.0. The van der Waals surface area contributed by atoms with Crippen molar-refractivity contribution in [3.8, 4) is 0 Å². The molecule has 7 nitrogen and oxygen atoms in total. The Hall–Kier alpha value is -2.36. The van der Waals surface area contributed by atoms with Crippen LogP contribution in [0.2, 0.25) is 0 Å². The maximum atomic E-state index is 13.0. The van der Waals surface area contributed by atoms with E-state index in [0.29, 0.717) is 31.4 Å². The van der Waals surface area contributed by atoms with Crippen molar-refractivity contribution in [3.05, 3.63) is 48.3 Å². The molecule has 1 aromatic heterocycles. The molecule has 0 bridgehead atoms. The van der Waals surface area contributed by atoms with Crippen molar-refractivity contribution in [1.29, 1.82) is 0 Å². The van der Waals surface area contributed by atoms with Crippen LogP contribution in [0.3, 0.4) is 0 Å². The van der Waals surface area contributed by atoms with E-state index in [1.54, 1.807) is 28.2 Å². The Balaban J connectivity index is 1.52. The van der Waals surface area contributed by atoms with Crippen molar-refractivity contribution >= 4 is 44.4 Å². The molecule has 1 fully saturated rings. The van der Waals surface area contributed by atoms with Gasteiger partial charge in [-0.15, -0.1) is 11.8 Å². The molecule has 0 radical (unpaired) electrons. The minimum absolute atomic E-state index is 0.0701. The lowest BCUT2D eigenvalue weighted by Gasteiger charge is -2.15. The highest BCUT2D eigenvalue weighted by molar-refractivity contribution is 7.98. The first-order valence-corrected chi connectivity index (χ1v) is 14.0. The van der Waals surface area contributed by atoms with Gasteiger partial charge in [-0.25, -0.2) is 13.4 Å². The van der Waals surface area contributed by atoms with Crippen LogP contribution in [0, 0.1) is 0 Å². The van der Waals surface area contributed by atoms with E-state index < -0.39 is 10.0 Å². The minimum Gasteiger partial charge on any atom is -0.328 e. The summed E-state index contributed by atoms with van der Waals surface area (Å²) in [7, 11) is -3.49. The van der Waals surface area contributed by atoms with Crippen LogP contribution in [0.1, 0.15) is 38.4 Å². The quantitative estimate of drug-likeness (QED) is 0.450. The molecule has 1 aliphatic rings. The summed E-state index contributed by atoms with van der Waals surface area (Å²) in [5.74, 6) is 0.731. The third kappa shape index (κ3) is 5.26. The van der Waals surface area contributed by atoms with Gasteiger partial charge in [0.25, 0.3) is 0 Å². The van der Waals surface area contributed by atoms with Crippen molar-refractivity contribution in [1.82, 2.24) is 13.9 Å². The number of hydrogen-bond acceptors (Lipinski definition) is 5. The number of carbonyl (C=O) groups excluding carboxylic acids is 1. The molecule has 1 aliphatic heterocycles. The standard InChI is InChI=1S/C24H30N4O3S2/c1-3-14-28-22-11-10-20(33(30,31)27-15-4-5-16-27)17-21(22)26-23(28)12-13-24(29)25-18-6-8-19(32-2)9-7-18/h6-11,17H,3-5,12-16H2,1-2H3,(H,25,29). The number of amides is 1. The van der Waals surface area contributed by atoms with Gasteiger partial charge in [-0.2, -0.15) is 4.31 Å². The third-order valence-electron chi connectivity index (χ3n) is 5.90. The minimum atomic E-state index is -3.49. The van der Waals surface area contributed by atoms with E-state index in [2.05, 4.69) is 16.8 Å². The second-order valence-corrected chi connectivity index (χ2v) is 11.0. The molecule has 33 heavy (non-hydrogen) atoms. The summed E-state index contributed by atoms with van der Waals surface area (Å²) in [6.07, 6.45) is 5.52. The van der Waals surface area contributed by atoms with Gasteiger partial charge in [-0.05, 0) is 68.0 Å². The molecular formula is C24H30N4O3S2. The molecule has 0 spiro atoms. The maximum Gasteiger partial charge on any atom is 0.243 e. The second kappa shape index (κ2) is 10.3. The van der Waals surface area contributed by atoms with Gasteiger partial charge in [0.2, 0.25) is 15.9 Å². The number of thioether (sulfide) groups is 1. The molecule has 2 aromatic carbocycles. The molecule has 176 valence electrons. The van der Waals surface area contributed by atoms with Crippen LogP contribution in [-0.4, -0.2) is 47.5 Å². The second-order valence-electron chi connectivity index (χ2n) is 8.22. The van der Waals surface area contributed by atoms with Crippen LogP contribution < -0.4 is 5.32 Å². The average Bonchev–Trinajstić information content (AvgIpc) is 3.47. The van der Waals surface area contributed by atoms with E-state index in [9.17, 15) is 13.2 Å². The van der Waals surface area contributed by atoms with Crippen molar-refractivity contribution in [2.24, 2.45) is 0 Å². The average molecular weight is 487 g/mol. The summed E-state index contributed by atoms with van der Waals surface area (Å²) >= 11 is 1.66. The lowest BCUT2D eigenvalue weighted by atomic mass is 10.2. The number of rotatable bonds is 9. The zero-order valence-corrected chi connectivity index (χ0v) is 20.7. The number of aromatic nitrogens is 2. The zero-order chi connectivity index (χ0) is 23.4. The van der Waals surface area contributed by atoms with Crippen LogP contribution in [0.5, 0.6) is 0 Å². The number of fused-ring (bicyclic) bond motifs is 1. The highest BCUT2D eigenvalue weighted by Crippen LogP contribution is 2.26. The largest absolute Gasteiger partial charge is 0.328 e. The number of nitrogens with one attached hydrogen (secondary N) is 1. The van der Waals surface area contributed by atoms with Crippen LogP contribution in [0.25, 0.3) is 11.0 Å². The van der Waals surface area contributed by atoms with Crippen molar-refractivity contribution in [2.75, 3.05) is 24.7 Å². The molecule has 1 amide bonds. The number of anilines is 1. The third-order valence-corrected chi connectivity index (χ3v) is 8.54. The molecule has 0 atom stereocenters. The van der Waals surface area contributed by atoms with Crippen molar-refractivity contribution < 1.29 is 13.2 Å². The highest BCUT2D eigenvalue weighted by Gasteiger charge is 2.27. The number of hydrogen-bond donors (Lipinski definition) is 1. The Kier molecular flexibility index (Phi) is 7.41. The van der Waals surface area contributed by atoms with E-state index in [1.807, 2.05) is 36.6 Å². The Morgan fingerprint density at radius 3 is 2.52 bits per heavy atom. The molecule has 1 N–H and O–H groups in total. The summed E-state index contributed by atoms with van der Waals surface area (Å²) in [6.45, 7) is 4.00. The Labute approximate surface area is 199 Å². The normalized spacial score (nSPS) is 14.7. The van der Waals surface area contributed by atoms with Gasteiger partial charge < -0.3 is 9.88 Å². The lowest BCUT2D eigenvalue weighted by Crippen LogP contribution is -2.27. The van der Waals surface area contributed by atoms with Gasteiger partial charge in [0, 0.05) is 43.1 Å². The maximum absolute atomic E-state index is 13.0. The smallest absolute Gasteiger partial charge is 0.243 e. The van der Waals surface area contributed by atoms with Crippen LogP contribution in [0.4, 0.5) is 5.69 Å². The molecule has 3 aromatic rings. The molecule has 0 saturated carbocycles. The zero-order valence-electron chi connectivity index (χ0n) is 19.1. The number of nitrogens with zero attached hydrogens (tertiary/aromatic N) is 3. The fourth-order valence-corrected chi connectivity index (χ4v) is 6.13. The van der Waals surface area contributed by atoms with E-state index in [0.717, 1.165) is 47.7 Å². The number of aryl methyl sites for hydroxylation is 2.